The van der Waals surface area contributed by atoms with E-state index >= 15 is 0 Å². The van der Waals surface area contributed by atoms with E-state index in [-0.39, 0.29) is 23.7 Å². The van der Waals surface area contributed by atoms with Crippen LogP contribution in [0, 0.1) is 5.82 Å². The van der Waals surface area contributed by atoms with Gasteiger partial charge in [-0.15, -0.1) is 0 Å². The third kappa shape index (κ3) is 5.98. The summed E-state index contributed by atoms with van der Waals surface area (Å²) in [5.41, 5.74) is 5.11. The molecule has 1 rings (SSSR count). The lowest BCUT2D eigenvalue weighted by Crippen LogP contribution is -2.36. The summed E-state index contributed by atoms with van der Waals surface area (Å²) in [6, 6.07) is 3.61. The number of hydrogen-bond donors (Lipinski definition) is 3. The Morgan fingerprint density at radius 1 is 1.40 bits per heavy atom. The van der Waals surface area contributed by atoms with Gasteiger partial charge in [-0.1, -0.05) is 0 Å². The second-order valence-electron chi connectivity index (χ2n) is 5.28. The minimum atomic E-state index is -3.60. The van der Waals surface area contributed by atoms with Gasteiger partial charge in [0.2, 0.25) is 15.9 Å². The number of hydrogen-bond acceptors (Lipinski definition) is 4. The summed E-state index contributed by atoms with van der Waals surface area (Å²) in [7, 11) is -3.60. The summed E-state index contributed by atoms with van der Waals surface area (Å²) in [5.74, 6) is -1.07. The lowest BCUT2D eigenvalue weighted by molar-refractivity contribution is -0.117. The van der Waals surface area contributed by atoms with Crippen molar-refractivity contribution >= 4 is 27.3 Å². The highest BCUT2D eigenvalue weighted by molar-refractivity contribution is 7.92. The average Bonchev–Trinajstić information content (AvgIpc) is 2.18. The summed E-state index contributed by atoms with van der Waals surface area (Å²) in [5, 5.41) is 2.53. The maximum absolute atomic E-state index is 13.4. The average molecular weight is 303 g/mol. The van der Waals surface area contributed by atoms with Crippen molar-refractivity contribution < 1.29 is 17.6 Å². The highest BCUT2D eigenvalue weighted by atomic mass is 32.2. The molecular formula is C12H18FN3O3S. The molecule has 0 spiro atoms. The van der Waals surface area contributed by atoms with E-state index in [2.05, 4.69) is 5.32 Å². The van der Waals surface area contributed by atoms with Crippen LogP contribution in [0.25, 0.3) is 0 Å². The maximum atomic E-state index is 13.4. The molecule has 1 aromatic rings. The van der Waals surface area contributed by atoms with Crippen molar-refractivity contribution in [3.8, 4) is 0 Å². The van der Waals surface area contributed by atoms with E-state index in [4.69, 9.17) is 5.73 Å². The Balaban J connectivity index is 2.88. The molecule has 1 aromatic carbocycles. The highest BCUT2D eigenvalue weighted by Gasteiger charge is 2.17. The Morgan fingerprint density at radius 3 is 2.50 bits per heavy atom. The number of halogens is 1. The lowest BCUT2D eigenvalue weighted by Gasteiger charge is -2.17. The summed E-state index contributed by atoms with van der Waals surface area (Å²) in [4.78, 5) is 11.7. The molecule has 0 aliphatic heterocycles. The summed E-state index contributed by atoms with van der Waals surface area (Å²) in [6.07, 6.45) is 0.994. The van der Waals surface area contributed by atoms with Gasteiger partial charge in [-0.2, -0.15) is 0 Å². The molecule has 1 amide bonds. The standard InChI is InChI=1S/C12H18FN3O3S/c1-12(2,14)7-11(17)15-8-4-5-9(13)10(6-8)16-20(3,18)19/h4-6,16H,7,14H2,1-3H3,(H,15,17). The fourth-order valence-electron chi connectivity index (χ4n) is 1.50. The number of amides is 1. The van der Waals surface area contributed by atoms with E-state index in [1.165, 1.54) is 12.1 Å². The highest BCUT2D eigenvalue weighted by Crippen LogP contribution is 2.21. The van der Waals surface area contributed by atoms with Crippen molar-refractivity contribution in [2.75, 3.05) is 16.3 Å². The molecule has 0 unspecified atom stereocenters. The molecule has 8 heteroatoms. The van der Waals surface area contributed by atoms with E-state index in [1.807, 2.05) is 4.72 Å². The first kappa shape index (κ1) is 16.4. The largest absolute Gasteiger partial charge is 0.326 e. The molecule has 0 aromatic heterocycles. The Bertz CT molecular complexity index is 609. The number of anilines is 2. The number of benzene rings is 1. The van der Waals surface area contributed by atoms with Gasteiger partial charge >= 0.3 is 0 Å². The van der Waals surface area contributed by atoms with Gasteiger partial charge in [0.1, 0.15) is 5.82 Å². The van der Waals surface area contributed by atoms with E-state index in [0.29, 0.717) is 0 Å². The Kier molecular flexibility index (Phi) is 4.72. The molecule has 0 aliphatic carbocycles. The quantitative estimate of drug-likeness (QED) is 0.762. The van der Waals surface area contributed by atoms with Gasteiger partial charge in [-0.25, -0.2) is 12.8 Å². The molecule has 4 N–H and O–H groups in total. The zero-order valence-corrected chi connectivity index (χ0v) is 12.3. The van der Waals surface area contributed by atoms with Gasteiger partial charge in [0.15, 0.2) is 0 Å². The zero-order chi connectivity index (χ0) is 15.6. The SMILES string of the molecule is CC(C)(N)CC(=O)Nc1ccc(F)c(NS(C)(=O)=O)c1. The molecule has 20 heavy (non-hydrogen) atoms. The van der Waals surface area contributed by atoms with Gasteiger partial charge in [0.05, 0.1) is 11.9 Å². The lowest BCUT2D eigenvalue weighted by atomic mass is 10.0. The number of carbonyl (C=O) groups excluding carboxylic acids is 1. The van der Waals surface area contributed by atoms with E-state index in [9.17, 15) is 17.6 Å². The summed E-state index contributed by atoms with van der Waals surface area (Å²) < 4.78 is 37.7. The smallest absolute Gasteiger partial charge is 0.229 e. The van der Waals surface area contributed by atoms with Crippen LogP contribution in [0.4, 0.5) is 15.8 Å². The van der Waals surface area contributed by atoms with Crippen LogP contribution in [-0.2, 0) is 14.8 Å². The van der Waals surface area contributed by atoms with Crippen LogP contribution in [0.1, 0.15) is 20.3 Å². The van der Waals surface area contributed by atoms with Crippen LogP contribution in [0.15, 0.2) is 18.2 Å². The van der Waals surface area contributed by atoms with Crippen LogP contribution in [0.2, 0.25) is 0 Å². The minimum Gasteiger partial charge on any atom is -0.326 e. The predicted molar refractivity (Wildman–Crippen MR) is 76.4 cm³/mol. The Hall–Kier alpha value is -1.67. The number of nitrogens with one attached hydrogen (secondary N) is 2. The first-order valence-corrected chi connectivity index (χ1v) is 7.71. The van der Waals surface area contributed by atoms with Crippen molar-refractivity contribution in [1.82, 2.24) is 0 Å². The van der Waals surface area contributed by atoms with E-state index < -0.39 is 21.4 Å². The van der Waals surface area contributed by atoms with Crippen LogP contribution in [0.5, 0.6) is 0 Å². The normalized spacial score (nSPS) is 12.1. The molecule has 6 nitrogen and oxygen atoms in total. The maximum Gasteiger partial charge on any atom is 0.229 e. The summed E-state index contributed by atoms with van der Waals surface area (Å²) in [6.45, 7) is 3.40. The topological polar surface area (TPSA) is 101 Å². The van der Waals surface area contributed by atoms with Gasteiger partial charge in [-0.3, -0.25) is 9.52 Å². The fourth-order valence-corrected chi connectivity index (χ4v) is 2.06. The first-order valence-electron chi connectivity index (χ1n) is 5.82. The second kappa shape index (κ2) is 5.76. The predicted octanol–water partition coefficient (Wildman–Crippen LogP) is 1.26. The fraction of sp³-hybridized carbons (Fsp3) is 0.417. The number of nitrogens with two attached hydrogens (primary N) is 1. The molecule has 0 atom stereocenters. The van der Waals surface area contributed by atoms with E-state index in [1.54, 1.807) is 13.8 Å². The van der Waals surface area contributed by atoms with Crippen LogP contribution in [0.3, 0.4) is 0 Å². The summed E-state index contributed by atoms with van der Waals surface area (Å²) >= 11 is 0. The van der Waals surface area contributed by atoms with Crippen molar-refractivity contribution in [2.24, 2.45) is 5.73 Å². The van der Waals surface area contributed by atoms with Crippen LogP contribution in [-0.4, -0.2) is 26.1 Å². The number of carbonyl (C=O) groups is 1. The van der Waals surface area contributed by atoms with Crippen LogP contribution < -0.4 is 15.8 Å². The van der Waals surface area contributed by atoms with Crippen molar-refractivity contribution in [1.29, 1.82) is 0 Å². The molecule has 0 aliphatic rings. The van der Waals surface area contributed by atoms with Gasteiger partial charge in [0.25, 0.3) is 0 Å². The van der Waals surface area contributed by atoms with Crippen molar-refractivity contribution in [3.05, 3.63) is 24.0 Å². The molecule has 0 saturated carbocycles. The van der Waals surface area contributed by atoms with Crippen molar-refractivity contribution in [3.63, 3.8) is 0 Å². The molecule has 0 heterocycles. The third-order valence-corrected chi connectivity index (χ3v) is 2.75. The number of sulfonamides is 1. The van der Waals surface area contributed by atoms with Crippen LogP contribution >= 0.6 is 0 Å². The van der Waals surface area contributed by atoms with E-state index in [0.717, 1.165) is 12.3 Å². The molecular weight excluding hydrogens is 285 g/mol. The Labute approximate surface area is 117 Å². The van der Waals surface area contributed by atoms with Gasteiger partial charge in [0, 0.05) is 17.6 Å². The van der Waals surface area contributed by atoms with Crippen molar-refractivity contribution in [2.45, 2.75) is 25.8 Å². The molecule has 0 radical (unpaired) electrons. The second-order valence-corrected chi connectivity index (χ2v) is 7.03. The van der Waals surface area contributed by atoms with Gasteiger partial charge in [-0.05, 0) is 32.0 Å². The first-order chi connectivity index (χ1) is 8.96. The van der Waals surface area contributed by atoms with Gasteiger partial charge < -0.3 is 11.1 Å². The molecule has 0 fully saturated rings. The molecule has 112 valence electrons. The monoisotopic (exact) mass is 303 g/mol. The Morgan fingerprint density at radius 2 is 2.00 bits per heavy atom. The third-order valence-electron chi connectivity index (χ3n) is 2.16. The molecule has 0 bridgehead atoms. The minimum absolute atomic E-state index is 0.0826. The number of rotatable bonds is 5. The molecule has 0 saturated heterocycles. The zero-order valence-electron chi connectivity index (χ0n) is 11.5.